The number of carbonyl (C=O) groups excluding carboxylic acids is 1. The average molecular weight is 372 g/mol. The van der Waals surface area contributed by atoms with Crippen molar-refractivity contribution in [1.82, 2.24) is 4.90 Å². The normalized spacial score (nSPS) is 16.6. The minimum Gasteiger partial charge on any atom is -0.327 e. The summed E-state index contributed by atoms with van der Waals surface area (Å²) in [5.41, 5.74) is 2.51. The van der Waals surface area contributed by atoms with E-state index in [9.17, 15) is 9.18 Å². The Labute approximate surface area is 154 Å². The molecule has 1 amide bonds. The molecule has 0 aliphatic carbocycles. The average Bonchev–Trinajstić information content (AvgIpc) is 3.10. The third-order valence-electron chi connectivity index (χ3n) is 4.52. The van der Waals surface area contributed by atoms with Crippen LogP contribution in [0, 0.1) is 5.82 Å². The molecule has 0 spiro atoms. The predicted molar refractivity (Wildman–Crippen MR) is 98.8 cm³/mol. The van der Waals surface area contributed by atoms with Gasteiger partial charge in [0.2, 0.25) is 0 Å². The molecule has 2 nitrogen and oxygen atoms in total. The lowest BCUT2D eigenvalue weighted by Crippen LogP contribution is -2.40. The molecule has 1 aromatic heterocycles. The zero-order chi connectivity index (χ0) is 17.4. The number of hydrogen-bond acceptors (Lipinski definition) is 2. The molecule has 1 atom stereocenters. The molecule has 0 saturated heterocycles. The number of nitrogens with zero attached hydrogens (tertiary/aromatic N) is 1. The van der Waals surface area contributed by atoms with Crippen molar-refractivity contribution in [1.29, 1.82) is 0 Å². The number of rotatable bonds is 2. The second kappa shape index (κ2) is 6.62. The fourth-order valence-electron chi connectivity index (χ4n) is 3.33. The number of amides is 1. The van der Waals surface area contributed by atoms with Crippen molar-refractivity contribution in [3.05, 3.63) is 92.4 Å². The molecule has 5 heteroatoms. The Bertz CT molecular complexity index is 921. The smallest absolute Gasteiger partial charge is 0.256 e. The Kier molecular flexibility index (Phi) is 4.32. The van der Waals surface area contributed by atoms with E-state index < -0.39 is 0 Å². The van der Waals surface area contributed by atoms with Crippen LogP contribution in [0.1, 0.15) is 32.4 Å². The van der Waals surface area contributed by atoms with Gasteiger partial charge in [0.25, 0.3) is 5.91 Å². The fraction of sp³-hybridized carbons (Fsp3) is 0.150. The molecule has 3 aromatic rings. The lowest BCUT2D eigenvalue weighted by molar-refractivity contribution is 0.0696. The molecule has 0 N–H and O–H groups in total. The van der Waals surface area contributed by atoms with E-state index in [4.69, 9.17) is 11.6 Å². The third kappa shape index (κ3) is 2.96. The van der Waals surface area contributed by atoms with Gasteiger partial charge in [-0.3, -0.25) is 4.79 Å². The zero-order valence-corrected chi connectivity index (χ0v) is 14.9. The molecule has 126 valence electrons. The van der Waals surface area contributed by atoms with Crippen LogP contribution in [0.15, 0.2) is 60.0 Å². The quantitative estimate of drug-likeness (QED) is 0.596. The van der Waals surface area contributed by atoms with Crippen molar-refractivity contribution in [2.75, 3.05) is 6.54 Å². The van der Waals surface area contributed by atoms with Gasteiger partial charge in [0.05, 0.1) is 16.6 Å². The topological polar surface area (TPSA) is 20.3 Å². The molecular weight excluding hydrogens is 357 g/mol. The lowest BCUT2D eigenvalue weighted by Gasteiger charge is -2.36. The molecule has 0 fully saturated rings. The van der Waals surface area contributed by atoms with Crippen LogP contribution in [0.4, 0.5) is 4.39 Å². The van der Waals surface area contributed by atoms with Crippen LogP contribution in [-0.2, 0) is 6.42 Å². The minimum absolute atomic E-state index is 0.100. The van der Waals surface area contributed by atoms with Crippen LogP contribution in [0.5, 0.6) is 0 Å². The Hall–Kier alpha value is -2.17. The van der Waals surface area contributed by atoms with Crippen molar-refractivity contribution in [2.45, 2.75) is 12.5 Å². The van der Waals surface area contributed by atoms with Gasteiger partial charge in [0.15, 0.2) is 0 Å². The zero-order valence-electron chi connectivity index (χ0n) is 13.3. The van der Waals surface area contributed by atoms with E-state index in [1.807, 2.05) is 22.4 Å². The molecule has 0 saturated carbocycles. The summed E-state index contributed by atoms with van der Waals surface area (Å²) in [6, 6.07) is 15.3. The molecule has 25 heavy (non-hydrogen) atoms. The van der Waals surface area contributed by atoms with Gasteiger partial charge in [0, 0.05) is 11.4 Å². The number of benzene rings is 2. The first kappa shape index (κ1) is 16.3. The van der Waals surface area contributed by atoms with E-state index in [-0.39, 0.29) is 17.8 Å². The summed E-state index contributed by atoms with van der Waals surface area (Å²) < 4.78 is 13.4. The van der Waals surface area contributed by atoms with Crippen molar-refractivity contribution < 1.29 is 9.18 Å². The highest BCUT2D eigenvalue weighted by atomic mass is 35.5. The van der Waals surface area contributed by atoms with Crippen LogP contribution in [-0.4, -0.2) is 17.4 Å². The highest BCUT2D eigenvalue weighted by Crippen LogP contribution is 2.39. The lowest BCUT2D eigenvalue weighted by atomic mass is 9.92. The first-order valence-electron chi connectivity index (χ1n) is 8.02. The van der Waals surface area contributed by atoms with E-state index in [0.717, 1.165) is 17.5 Å². The van der Waals surface area contributed by atoms with Crippen LogP contribution in [0.3, 0.4) is 0 Å². The summed E-state index contributed by atoms with van der Waals surface area (Å²) in [5.74, 6) is -0.383. The molecular formula is C20H15ClFNOS. The van der Waals surface area contributed by atoms with Crippen molar-refractivity contribution in [2.24, 2.45) is 0 Å². The van der Waals surface area contributed by atoms with Gasteiger partial charge in [-0.1, -0.05) is 35.9 Å². The SMILES string of the molecule is O=C(c1ccccc1Cl)N1CCc2sccc2C1c1ccc(F)cc1. The molecule has 2 aromatic carbocycles. The molecule has 1 aliphatic rings. The number of fused-ring (bicyclic) bond motifs is 1. The van der Waals surface area contributed by atoms with Gasteiger partial charge in [-0.05, 0) is 53.3 Å². The second-order valence-electron chi connectivity index (χ2n) is 5.98. The fourth-order valence-corrected chi connectivity index (χ4v) is 4.45. The maximum Gasteiger partial charge on any atom is 0.256 e. The number of hydrogen-bond donors (Lipinski definition) is 0. The first-order valence-corrected chi connectivity index (χ1v) is 9.28. The molecule has 0 radical (unpaired) electrons. The van der Waals surface area contributed by atoms with Crippen LogP contribution in [0.2, 0.25) is 5.02 Å². The first-order chi connectivity index (χ1) is 12.1. The number of carbonyl (C=O) groups is 1. The molecule has 0 bridgehead atoms. The van der Waals surface area contributed by atoms with E-state index >= 15 is 0 Å². The van der Waals surface area contributed by atoms with Crippen LogP contribution < -0.4 is 0 Å². The van der Waals surface area contributed by atoms with Crippen molar-refractivity contribution in [3.8, 4) is 0 Å². The van der Waals surface area contributed by atoms with E-state index in [2.05, 4.69) is 6.07 Å². The van der Waals surface area contributed by atoms with Gasteiger partial charge in [-0.15, -0.1) is 11.3 Å². The van der Waals surface area contributed by atoms with Crippen LogP contribution >= 0.6 is 22.9 Å². The van der Waals surface area contributed by atoms with Gasteiger partial charge in [-0.2, -0.15) is 0 Å². The summed E-state index contributed by atoms with van der Waals surface area (Å²) in [6.07, 6.45) is 0.820. The summed E-state index contributed by atoms with van der Waals surface area (Å²) >= 11 is 7.94. The second-order valence-corrected chi connectivity index (χ2v) is 7.39. The summed E-state index contributed by atoms with van der Waals surface area (Å²) in [7, 11) is 0. The maximum absolute atomic E-state index is 13.4. The number of thiophene rings is 1. The molecule has 2 heterocycles. The van der Waals surface area contributed by atoms with E-state index in [1.54, 1.807) is 35.6 Å². The Balaban J connectivity index is 1.79. The summed E-state index contributed by atoms with van der Waals surface area (Å²) in [4.78, 5) is 16.3. The maximum atomic E-state index is 13.4. The van der Waals surface area contributed by atoms with Gasteiger partial charge < -0.3 is 4.90 Å². The third-order valence-corrected chi connectivity index (χ3v) is 5.84. The van der Waals surface area contributed by atoms with Crippen LogP contribution in [0.25, 0.3) is 0 Å². The largest absolute Gasteiger partial charge is 0.327 e. The Morgan fingerprint density at radius 2 is 1.88 bits per heavy atom. The van der Waals surface area contributed by atoms with Crippen molar-refractivity contribution >= 4 is 28.8 Å². The summed E-state index contributed by atoms with van der Waals surface area (Å²) in [5, 5.41) is 2.49. The highest BCUT2D eigenvalue weighted by Gasteiger charge is 2.33. The minimum atomic E-state index is -0.283. The van der Waals surface area contributed by atoms with E-state index in [1.165, 1.54) is 17.0 Å². The highest BCUT2D eigenvalue weighted by molar-refractivity contribution is 7.10. The Morgan fingerprint density at radius 3 is 2.64 bits per heavy atom. The van der Waals surface area contributed by atoms with Gasteiger partial charge in [0.1, 0.15) is 5.82 Å². The van der Waals surface area contributed by atoms with Gasteiger partial charge >= 0.3 is 0 Å². The summed E-state index contributed by atoms with van der Waals surface area (Å²) in [6.45, 7) is 0.611. The van der Waals surface area contributed by atoms with Gasteiger partial charge in [-0.25, -0.2) is 4.39 Å². The molecule has 4 rings (SSSR count). The molecule has 1 aliphatic heterocycles. The number of halogens is 2. The molecule has 1 unspecified atom stereocenters. The predicted octanol–water partition coefficient (Wildman–Crippen LogP) is 5.33. The van der Waals surface area contributed by atoms with Crippen molar-refractivity contribution in [3.63, 3.8) is 0 Å². The monoisotopic (exact) mass is 371 g/mol. The standard InChI is InChI=1S/C20H15ClFNOS/c21-17-4-2-1-3-15(17)20(24)23-11-9-18-16(10-12-25-18)19(23)13-5-7-14(22)8-6-13/h1-8,10,12,19H,9,11H2. The Morgan fingerprint density at radius 1 is 1.12 bits per heavy atom. The van der Waals surface area contributed by atoms with E-state index in [0.29, 0.717) is 17.1 Å².